The van der Waals surface area contributed by atoms with Gasteiger partial charge in [0.15, 0.2) is 0 Å². The number of aromatic amines is 1. The molecule has 112 valence electrons. The van der Waals surface area contributed by atoms with Crippen LogP contribution in [0, 0.1) is 11.3 Å². The first-order valence-corrected chi connectivity index (χ1v) is 6.59. The molecule has 2 rings (SSSR count). The predicted molar refractivity (Wildman–Crippen MR) is 81.3 cm³/mol. The van der Waals surface area contributed by atoms with Crippen LogP contribution in [0.25, 0.3) is 17.0 Å². The van der Waals surface area contributed by atoms with Gasteiger partial charge < -0.3 is 14.5 Å². The Morgan fingerprint density at radius 2 is 2.18 bits per heavy atom. The summed E-state index contributed by atoms with van der Waals surface area (Å²) >= 11 is 0. The Kier molecular flexibility index (Phi) is 4.59. The first kappa shape index (κ1) is 15.3. The van der Waals surface area contributed by atoms with Gasteiger partial charge in [-0.1, -0.05) is 0 Å². The molecule has 22 heavy (non-hydrogen) atoms. The van der Waals surface area contributed by atoms with Gasteiger partial charge >= 0.3 is 5.97 Å². The fourth-order valence-corrected chi connectivity index (χ4v) is 1.97. The van der Waals surface area contributed by atoms with Gasteiger partial charge in [-0.15, -0.1) is 0 Å². The Morgan fingerprint density at radius 3 is 2.82 bits per heavy atom. The Balaban J connectivity index is 2.57. The minimum atomic E-state index is -0.787. The van der Waals surface area contributed by atoms with E-state index >= 15 is 0 Å². The molecule has 0 radical (unpaired) electrons. The van der Waals surface area contributed by atoms with Crippen molar-refractivity contribution >= 4 is 22.9 Å². The maximum Gasteiger partial charge on any atom is 0.348 e. The number of ether oxygens (including phenoxy) is 2. The summed E-state index contributed by atoms with van der Waals surface area (Å²) in [5.41, 5.74) is 0.201. The lowest BCUT2D eigenvalue weighted by molar-refractivity contribution is -0.135. The van der Waals surface area contributed by atoms with Crippen molar-refractivity contribution in [3.8, 4) is 11.8 Å². The van der Waals surface area contributed by atoms with Crippen molar-refractivity contribution in [2.24, 2.45) is 0 Å². The number of carbonyl (C=O) groups excluding carboxylic acids is 1. The molecule has 1 N–H and O–H groups in total. The summed E-state index contributed by atoms with van der Waals surface area (Å²) in [4.78, 5) is 26.1. The molecule has 0 amide bonds. The molecule has 1 aromatic carbocycles. The second kappa shape index (κ2) is 6.59. The molecule has 0 saturated heterocycles. The van der Waals surface area contributed by atoms with E-state index in [1.54, 1.807) is 30.3 Å². The molecule has 0 saturated carbocycles. The number of methoxy groups -OCH3 is 1. The Bertz CT molecular complexity index is 843. The molecule has 0 aliphatic carbocycles. The largest absolute Gasteiger partial charge is 0.494 e. The topological polar surface area (TPSA) is 92.2 Å². The molecule has 6 nitrogen and oxygen atoms in total. The SMILES string of the molecule is CCOc1ccc2[nH]c(=O)c(C=C(C#N)C(=O)OC)cc2c1. The van der Waals surface area contributed by atoms with Crippen LogP contribution in [-0.4, -0.2) is 24.7 Å². The third-order valence-corrected chi connectivity index (χ3v) is 2.98. The highest BCUT2D eigenvalue weighted by Gasteiger charge is 2.10. The van der Waals surface area contributed by atoms with Crippen molar-refractivity contribution in [3.05, 3.63) is 45.8 Å². The van der Waals surface area contributed by atoms with Gasteiger partial charge in [-0.05, 0) is 37.3 Å². The minimum absolute atomic E-state index is 0.197. The lowest BCUT2D eigenvalue weighted by Crippen LogP contribution is -2.11. The van der Waals surface area contributed by atoms with Gasteiger partial charge in [-0.25, -0.2) is 4.79 Å². The van der Waals surface area contributed by atoms with Crippen molar-refractivity contribution in [2.45, 2.75) is 6.92 Å². The maximum atomic E-state index is 12.0. The van der Waals surface area contributed by atoms with Gasteiger partial charge in [0.1, 0.15) is 17.4 Å². The molecular formula is C16H14N2O4. The van der Waals surface area contributed by atoms with Gasteiger partial charge in [-0.2, -0.15) is 5.26 Å². The smallest absolute Gasteiger partial charge is 0.348 e. The molecule has 1 aromatic heterocycles. The number of rotatable bonds is 4. The first-order chi connectivity index (χ1) is 10.6. The highest BCUT2D eigenvalue weighted by Crippen LogP contribution is 2.20. The van der Waals surface area contributed by atoms with Crippen LogP contribution < -0.4 is 10.3 Å². The molecule has 0 fully saturated rings. The van der Waals surface area contributed by atoms with Crippen LogP contribution in [0.15, 0.2) is 34.6 Å². The number of esters is 1. The standard InChI is InChI=1S/C16H14N2O4/c1-3-22-13-4-5-14-10(8-13)6-11(15(19)18-14)7-12(9-17)16(20)21-2/h4-8H,3H2,1-2H3,(H,18,19). The van der Waals surface area contributed by atoms with E-state index in [0.29, 0.717) is 17.9 Å². The number of aromatic nitrogens is 1. The summed E-state index contributed by atoms with van der Waals surface area (Å²) in [6, 6.07) is 8.58. The van der Waals surface area contributed by atoms with Gasteiger partial charge in [-0.3, -0.25) is 4.79 Å². The number of fused-ring (bicyclic) bond motifs is 1. The second-order valence-corrected chi connectivity index (χ2v) is 4.40. The van der Waals surface area contributed by atoms with Crippen molar-refractivity contribution in [2.75, 3.05) is 13.7 Å². The van der Waals surface area contributed by atoms with E-state index in [-0.39, 0.29) is 11.1 Å². The fourth-order valence-electron chi connectivity index (χ4n) is 1.97. The number of hydrogen-bond donors (Lipinski definition) is 1. The highest BCUT2D eigenvalue weighted by molar-refractivity contribution is 5.98. The van der Waals surface area contributed by atoms with Crippen LogP contribution >= 0.6 is 0 Å². The minimum Gasteiger partial charge on any atom is -0.494 e. The highest BCUT2D eigenvalue weighted by atomic mass is 16.5. The van der Waals surface area contributed by atoms with Crippen molar-refractivity contribution < 1.29 is 14.3 Å². The van der Waals surface area contributed by atoms with E-state index in [9.17, 15) is 9.59 Å². The molecule has 0 unspecified atom stereocenters. The van der Waals surface area contributed by atoms with Gasteiger partial charge in [0, 0.05) is 16.5 Å². The number of benzene rings is 1. The monoisotopic (exact) mass is 298 g/mol. The van der Waals surface area contributed by atoms with Crippen LogP contribution in [0.4, 0.5) is 0 Å². The van der Waals surface area contributed by atoms with Crippen molar-refractivity contribution in [3.63, 3.8) is 0 Å². The zero-order valence-corrected chi connectivity index (χ0v) is 12.2. The summed E-state index contributed by atoms with van der Waals surface area (Å²) in [5.74, 6) is -0.115. The predicted octanol–water partition coefficient (Wildman–Crippen LogP) is 2.01. The zero-order valence-electron chi connectivity index (χ0n) is 12.2. The number of nitrogens with one attached hydrogen (secondary N) is 1. The molecule has 1 heterocycles. The average Bonchev–Trinajstić information content (AvgIpc) is 2.52. The number of pyridine rings is 1. The van der Waals surface area contributed by atoms with Gasteiger partial charge in [0.2, 0.25) is 0 Å². The first-order valence-electron chi connectivity index (χ1n) is 6.59. The van der Waals surface area contributed by atoms with Gasteiger partial charge in [0.25, 0.3) is 5.56 Å². The average molecular weight is 298 g/mol. The Hall–Kier alpha value is -3.07. The van der Waals surface area contributed by atoms with E-state index in [1.165, 1.54) is 13.2 Å². The Labute approximate surface area is 126 Å². The van der Waals surface area contributed by atoms with Crippen LogP contribution in [0.3, 0.4) is 0 Å². The quantitative estimate of drug-likeness (QED) is 0.529. The lowest BCUT2D eigenvalue weighted by Gasteiger charge is -2.05. The molecule has 6 heteroatoms. The van der Waals surface area contributed by atoms with E-state index < -0.39 is 11.5 Å². The second-order valence-electron chi connectivity index (χ2n) is 4.40. The number of nitrogens with zero attached hydrogens (tertiary/aromatic N) is 1. The number of H-pyrrole nitrogens is 1. The molecular weight excluding hydrogens is 284 g/mol. The number of carbonyl (C=O) groups is 1. The van der Waals surface area contributed by atoms with Crippen LogP contribution in [0.2, 0.25) is 0 Å². The third kappa shape index (κ3) is 3.15. The molecule has 2 aromatic rings. The maximum absolute atomic E-state index is 12.0. The van der Waals surface area contributed by atoms with Crippen LogP contribution in [0.5, 0.6) is 5.75 Å². The molecule has 0 bridgehead atoms. The molecule has 0 aliphatic rings. The fraction of sp³-hybridized carbons (Fsp3) is 0.188. The normalized spacial score (nSPS) is 11.0. The number of hydrogen-bond acceptors (Lipinski definition) is 5. The van der Waals surface area contributed by atoms with Crippen LogP contribution in [0.1, 0.15) is 12.5 Å². The summed E-state index contributed by atoms with van der Waals surface area (Å²) < 4.78 is 9.90. The van der Waals surface area contributed by atoms with E-state index in [4.69, 9.17) is 10.00 Å². The van der Waals surface area contributed by atoms with Gasteiger partial charge in [0.05, 0.1) is 13.7 Å². The molecule has 0 atom stereocenters. The van der Waals surface area contributed by atoms with Crippen molar-refractivity contribution in [1.29, 1.82) is 5.26 Å². The molecule has 0 spiro atoms. The Morgan fingerprint density at radius 1 is 1.41 bits per heavy atom. The number of nitriles is 1. The lowest BCUT2D eigenvalue weighted by atomic mass is 10.1. The summed E-state index contributed by atoms with van der Waals surface area (Å²) in [5, 5.41) is 9.69. The molecule has 0 aliphatic heterocycles. The van der Waals surface area contributed by atoms with Crippen molar-refractivity contribution in [1.82, 2.24) is 4.98 Å². The summed E-state index contributed by atoms with van der Waals surface area (Å²) in [7, 11) is 1.17. The summed E-state index contributed by atoms with van der Waals surface area (Å²) in [6.45, 7) is 2.41. The summed E-state index contributed by atoms with van der Waals surface area (Å²) in [6.07, 6.45) is 1.21. The zero-order chi connectivity index (χ0) is 16.1. The third-order valence-electron chi connectivity index (χ3n) is 2.98. The van der Waals surface area contributed by atoms with Crippen LogP contribution in [-0.2, 0) is 9.53 Å². The van der Waals surface area contributed by atoms with E-state index in [1.807, 2.05) is 6.92 Å². The van der Waals surface area contributed by atoms with E-state index in [2.05, 4.69) is 9.72 Å². The van der Waals surface area contributed by atoms with E-state index in [0.717, 1.165) is 5.39 Å².